The van der Waals surface area contributed by atoms with Crippen LogP contribution in [0.25, 0.3) is 0 Å². The van der Waals surface area contributed by atoms with Crippen LogP contribution >= 0.6 is 23.5 Å². The van der Waals surface area contributed by atoms with E-state index in [2.05, 4.69) is 9.97 Å². The number of nitrogens with zero attached hydrogens (tertiary/aromatic N) is 2. The Kier molecular flexibility index (Phi) is 3.84. The molecule has 1 N–H and O–H groups in total. The van der Waals surface area contributed by atoms with Gasteiger partial charge in [-0.1, -0.05) is 0 Å². The van der Waals surface area contributed by atoms with E-state index in [4.69, 9.17) is 5.11 Å². The number of hydrogen-bond donors (Lipinski definition) is 1. The zero-order valence-corrected chi connectivity index (χ0v) is 8.58. The Morgan fingerprint density at radius 1 is 1.25 bits per heavy atom. The van der Waals surface area contributed by atoms with Crippen LogP contribution in [0.4, 0.5) is 0 Å². The van der Waals surface area contributed by atoms with Crippen molar-refractivity contribution < 1.29 is 5.11 Å². The van der Waals surface area contributed by atoms with Gasteiger partial charge in [-0.05, 0) is 12.5 Å². The minimum atomic E-state index is -0.0953. The van der Waals surface area contributed by atoms with E-state index < -0.39 is 0 Å². The topological polar surface area (TPSA) is 46.0 Å². The Hall–Kier alpha value is -0.260. The van der Waals surface area contributed by atoms with Crippen molar-refractivity contribution in [2.24, 2.45) is 0 Å². The average molecular weight is 202 g/mol. The Morgan fingerprint density at radius 2 is 1.75 bits per heavy atom. The number of rotatable bonds is 3. The Morgan fingerprint density at radius 3 is 2.08 bits per heavy atom. The van der Waals surface area contributed by atoms with E-state index in [1.165, 1.54) is 0 Å². The molecule has 0 aliphatic rings. The normalized spacial score (nSPS) is 10.2. The van der Waals surface area contributed by atoms with Crippen molar-refractivity contribution in [1.29, 1.82) is 0 Å². The monoisotopic (exact) mass is 202 g/mol. The molecule has 0 aromatic carbocycles. The van der Waals surface area contributed by atoms with E-state index in [9.17, 15) is 0 Å². The van der Waals surface area contributed by atoms with E-state index in [0.717, 1.165) is 10.1 Å². The van der Waals surface area contributed by atoms with Gasteiger partial charge in [0.15, 0.2) is 5.82 Å². The molecule has 3 nitrogen and oxygen atoms in total. The molecule has 0 saturated carbocycles. The number of thioether (sulfide) groups is 2. The molecule has 1 aromatic rings. The fourth-order valence-corrected chi connectivity index (χ4v) is 1.66. The SMILES string of the molecule is CSc1cc(SC)nc(CO)n1. The second-order valence-corrected chi connectivity index (χ2v) is 3.68. The van der Waals surface area contributed by atoms with Crippen LogP contribution in [-0.2, 0) is 6.61 Å². The van der Waals surface area contributed by atoms with Crippen LogP contribution in [0.5, 0.6) is 0 Å². The first-order valence-corrected chi connectivity index (χ1v) is 5.82. The summed E-state index contributed by atoms with van der Waals surface area (Å²) in [7, 11) is 0. The molecule has 0 spiro atoms. The van der Waals surface area contributed by atoms with E-state index in [0.29, 0.717) is 5.82 Å². The van der Waals surface area contributed by atoms with Crippen molar-refractivity contribution >= 4 is 23.5 Å². The molecule has 1 aromatic heterocycles. The maximum Gasteiger partial charge on any atom is 0.156 e. The molecule has 0 unspecified atom stereocenters. The van der Waals surface area contributed by atoms with E-state index in [-0.39, 0.29) is 6.61 Å². The third kappa shape index (κ3) is 2.36. The minimum Gasteiger partial charge on any atom is -0.388 e. The van der Waals surface area contributed by atoms with Gasteiger partial charge in [-0.25, -0.2) is 9.97 Å². The fraction of sp³-hybridized carbons (Fsp3) is 0.429. The molecule has 5 heteroatoms. The molecule has 66 valence electrons. The van der Waals surface area contributed by atoms with Crippen molar-refractivity contribution in [1.82, 2.24) is 9.97 Å². The highest BCUT2D eigenvalue weighted by Gasteiger charge is 2.01. The summed E-state index contributed by atoms with van der Waals surface area (Å²) in [6.45, 7) is -0.0953. The van der Waals surface area contributed by atoms with Crippen LogP contribution in [0.15, 0.2) is 16.1 Å². The summed E-state index contributed by atoms with van der Waals surface area (Å²) in [4.78, 5) is 8.21. The molecule has 0 radical (unpaired) electrons. The zero-order valence-electron chi connectivity index (χ0n) is 6.94. The van der Waals surface area contributed by atoms with Crippen molar-refractivity contribution in [3.05, 3.63) is 11.9 Å². The minimum absolute atomic E-state index is 0.0953. The number of aliphatic hydroxyl groups is 1. The Balaban J connectivity index is 3.01. The van der Waals surface area contributed by atoms with Crippen LogP contribution in [0.1, 0.15) is 5.82 Å². The standard InChI is InChI=1S/C7H10N2OS2/c1-11-6-3-7(12-2)9-5(4-10)8-6/h3,10H,4H2,1-2H3. The van der Waals surface area contributed by atoms with Gasteiger partial charge >= 0.3 is 0 Å². The van der Waals surface area contributed by atoms with Crippen LogP contribution < -0.4 is 0 Å². The van der Waals surface area contributed by atoms with Crippen molar-refractivity contribution in [3.8, 4) is 0 Å². The van der Waals surface area contributed by atoms with Crippen molar-refractivity contribution in [2.45, 2.75) is 16.7 Å². The van der Waals surface area contributed by atoms with Gasteiger partial charge in [0.1, 0.15) is 16.7 Å². The van der Waals surface area contributed by atoms with Gasteiger partial charge in [-0.15, -0.1) is 23.5 Å². The predicted molar refractivity (Wildman–Crippen MR) is 51.5 cm³/mol. The summed E-state index contributed by atoms with van der Waals surface area (Å²) in [6.07, 6.45) is 3.90. The smallest absolute Gasteiger partial charge is 0.156 e. The van der Waals surface area contributed by atoms with Gasteiger partial charge in [0.25, 0.3) is 0 Å². The molecular weight excluding hydrogens is 192 g/mol. The molecule has 0 aliphatic carbocycles. The molecule has 1 rings (SSSR count). The molecule has 0 amide bonds. The average Bonchev–Trinajstić information content (AvgIpc) is 2.16. The molecule has 12 heavy (non-hydrogen) atoms. The van der Waals surface area contributed by atoms with E-state index in [1.807, 2.05) is 18.6 Å². The fourth-order valence-electron chi connectivity index (χ4n) is 0.729. The number of aliphatic hydroxyl groups excluding tert-OH is 1. The lowest BCUT2D eigenvalue weighted by Crippen LogP contribution is -1.96. The second kappa shape index (κ2) is 4.69. The van der Waals surface area contributed by atoms with Crippen molar-refractivity contribution in [3.63, 3.8) is 0 Å². The molecule has 0 saturated heterocycles. The lowest BCUT2D eigenvalue weighted by atomic mass is 10.6. The van der Waals surface area contributed by atoms with Gasteiger partial charge in [-0.2, -0.15) is 0 Å². The lowest BCUT2D eigenvalue weighted by Gasteiger charge is -2.01. The molecule has 1 heterocycles. The van der Waals surface area contributed by atoms with E-state index in [1.54, 1.807) is 23.5 Å². The van der Waals surface area contributed by atoms with Crippen molar-refractivity contribution in [2.75, 3.05) is 12.5 Å². The summed E-state index contributed by atoms with van der Waals surface area (Å²) in [6, 6.07) is 1.91. The third-order valence-electron chi connectivity index (χ3n) is 1.29. The summed E-state index contributed by atoms with van der Waals surface area (Å²) < 4.78 is 0. The summed E-state index contributed by atoms with van der Waals surface area (Å²) >= 11 is 3.10. The molecule has 0 atom stereocenters. The highest BCUT2D eigenvalue weighted by Crippen LogP contribution is 2.18. The van der Waals surface area contributed by atoms with Gasteiger partial charge in [0.05, 0.1) is 0 Å². The summed E-state index contributed by atoms with van der Waals surface area (Å²) in [5.74, 6) is 0.492. The summed E-state index contributed by atoms with van der Waals surface area (Å²) in [5, 5.41) is 10.6. The first kappa shape index (κ1) is 9.83. The maximum absolute atomic E-state index is 8.83. The molecule has 0 bridgehead atoms. The zero-order chi connectivity index (χ0) is 8.97. The quantitative estimate of drug-likeness (QED) is 0.593. The van der Waals surface area contributed by atoms with Crippen LogP contribution in [0.3, 0.4) is 0 Å². The Bertz CT molecular complexity index is 212. The highest BCUT2D eigenvalue weighted by atomic mass is 32.2. The molecular formula is C7H10N2OS2. The largest absolute Gasteiger partial charge is 0.388 e. The van der Waals surface area contributed by atoms with Crippen LogP contribution in [0.2, 0.25) is 0 Å². The Labute approximate surface area is 80.0 Å². The predicted octanol–water partition coefficient (Wildman–Crippen LogP) is 1.41. The van der Waals surface area contributed by atoms with E-state index >= 15 is 0 Å². The summed E-state index contributed by atoms with van der Waals surface area (Å²) in [5.41, 5.74) is 0. The molecule has 0 aliphatic heterocycles. The first-order valence-electron chi connectivity index (χ1n) is 3.37. The van der Waals surface area contributed by atoms with Crippen LogP contribution in [0, 0.1) is 0 Å². The van der Waals surface area contributed by atoms with Gasteiger partial charge in [0.2, 0.25) is 0 Å². The highest BCUT2D eigenvalue weighted by molar-refractivity contribution is 7.99. The maximum atomic E-state index is 8.83. The van der Waals surface area contributed by atoms with Crippen LogP contribution in [-0.4, -0.2) is 27.6 Å². The van der Waals surface area contributed by atoms with Gasteiger partial charge < -0.3 is 5.11 Å². The number of hydrogen-bond acceptors (Lipinski definition) is 5. The first-order chi connectivity index (χ1) is 5.80. The lowest BCUT2D eigenvalue weighted by molar-refractivity contribution is 0.269. The third-order valence-corrected chi connectivity index (χ3v) is 2.54. The van der Waals surface area contributed by atoms with Gasteiger partial charge in [-0.3, -0.25) is 0 Å². The second-order valence-electron chi connectivity index (χ2n) is 2.03. The van der Waals surface area contributed by atoms with Gasteiger partial charge in [0, 0.05) is 6.07 Å². The molecule has 0 fully saturated rings. The number of aromatic nitrogens is 2.